The maximum absolute atomic E-state index is 12.2. The van der Waals surface area contributed by atoms with Gasteiger partial charge in [0.25, 0.3) is 11.6 Å². The minimum absolute atomic E-state index is 0.117. The van der Waals surface area contributed by atoms with E-state index in [1.807, 2.05) is 30.3 Å². The standard InChI is InChI=1S/C17H14N2O4/c1-11(16-10-12-5-2-3-8-15(12)23-16)18-17(20)13-6-4-7-14(9-13)19(21)22/h2-11H,1H3,(H,18,20)/t11-/m1/s1. The van der Waals surface area contributed by atoms with Crippen LogP contribution in [0.2, 0.25) is 0 Å². The zero-order chi connectivity index (χ0) is 16.4. The van der Waals surface area contributed by atoms with Crippen molar-refractivity contribution in [1.29, 1.82) is 0 Å². The molecule has 0 unspecified atom stereocenters. The van der Waals surface area contributed by atoms with Crippen molar-refractivity contribution < 1.29 is 14.1 Å². The highest BCUT2D eigenvalue weighted by Gasteiger charge is 2.17. The zero-order valence-electron chi connectivity index (χ0n) is 12.4. The quantitative estimate of drug-likeness (QED) is 0.586. The number of hydrogen-bond donors (Lipinski definition) is 1. The normalized spacial score (nSPS) is 12.0. The molecule has 23 heavy (non-hydrogen) atoms. The van der Waals surface area contributed by atoms with Crippen molar-refractivity contribution in [2.75, 3.05) is 0 Å². The number of fused-ring (bicyclic) bond motifs is 1. The van der Waals surface area contributed by atoms with E-state index in [-0.39, 0.29) is 23.2 Å². The number of para-hydroxylation sites is 1. The molecule has 1 atom stereocenters. The first kappa shape index (κ1) is 14.8. The van der Waals surface area contributed by atoms with Gasteiger partial charge < -0.3 is 9.73 Å². The lowest BCUT2D eigenvalue weighted by Gasteiger charge is -2.11. The van der Waals surface area contributed by atoms with E-state index in [4.69, 9.17) is 4.42 Å². The second-order valence-corrected chi connectivity index (χ2v) is 5.19. The van der Waals surface area contributed by atoms with Gasteiger partial charge in [-0.3, -0.25) is 14.9 Å². The van der Waals surface area contributed by atoms with E-state index in [0.717, 1.165) is 11.0 Å². The Kier molecular flexibility index (Phi) is 3.80. The average Bonchev–Trinajstić information content (AvgIpc) is 2.99. The van der Waals surface area contributed by atoms with Gasteiger partial charge in [-0.25, -0.2) is 0 Å². The van der Waals surface area contributed by atoms with Crippen LogP contribution >= 0.6 is 0 Å². The van der Waals surface area contributed by atoms with E-state index in [1.54, 1.807) is 6.92 Å². The van der Waals surface area contributed by atoms with Crippen LogP contribution in [0, 0.1) is 10.1 Å². The third-order valence-electron chi connectivity index (χ3n) is 3.54. The number of benzene rings is 2. The summed E-state index contributed by atoms with van der Waals surface area (Å²) in [4.78, 5) is 22.5. The van der Waals surface area contributed by atoms with Crippen LogP contribution in [0.5, 0.6) is 0 Å². The van der Waals surface area contributed by atoms with Crippen LogP contribution < -0.4 is 5.32 Å². The molecule has 0 saturated carbocycles. The maximum Gasteiger partial charge on any atom is 0.270 e. The molecule has 3 aromatic rings. The number of furan rings is 1. The van der Waals surface area contributed by atoms with Gasteiger partial charge in [0.05, 0.1) is 11.0 Å². The second kappa shape index (κ2) is 5.92. The molecule has 0 aliphatic heterocycles. The lowest BCUT2D eigenvalue weighted by Crippen LogP contribution is -2.26. The summed E-state index contributed by atoms with van der Waals surface area (Å²) >= 11 is 0. The lowest BCUT2D eigenvalue weighted by atomic mass is 10.1. The van der Waals surface area contributed by atoms with Crippen molar-refractivity contribution in [2.24, 2.45) is 0 Å². The molecule has 1 amide bonds. The molecule has 0 aliphatic rings. The maximum atomic E-state index is 12.2. The van der Waals surface area contributed by atoms with Crippen LogP contribution in [-0.4, -0.2) is 10.8 Å². The fourth-order valence-electron chi connectivity index (χ4n) is 2.33. The summed E-state index contributed by atoms with van der Waals surface area (Å²) in [6, 6.07) is 14.7. The Morgan fingerprint density at radius 2 is 1.96 bits per heavy atom. The van der Waals surface area contributed by atoms with Crippen LogP contribution in [0.4, 0.5) is 5.69 Å². The molecule has 6 nitrogen and oxygen atoms in total. The molecule has 0 fully saturated rings. The molecule has 6 heteroatoms. The highest BCUT2D eigenvalue weighted by atomic mass is 16.6. The number of rotatable bonds is 4. The van der Waals surface area contributed by atoms with Crippen molar-refractivity contribution in [3.05, 3.63) is 76.0 Å². The van der Waals surface area contributed by atoms with E-state index in [1.165, 1.54) is 24.3 Å². The highest BCUT2D eigenvalue weighted by molar-refractivity contribution is 5.95. The summed E-state index contributed by atoms with van der Waals surface area (Å²) in [5.41, 5.74) is 0.871. The van der Waals surface area contributed by atoms with Crippen LogP contribution in [0.1, 0.15) is 29.1 Å². The number of carbonyl (C=O) groups excluding carboxylic acids is 1. The Balaban J connectivity index is 1.79. The summed E-state index contributed by atoms with van der Waals surface area (Å²) in [7, 11) is 0. The third-order valence-corrected chi connectivity index (χ3v) is 3.54. The predicted octanol–water partition coefficient (Wildman–Crippen LogP) is 3.83. The van der Waals surface area contributed by atoms with Gasteiger partial charge in [-0.2, -0.15) is 0 Å². The van der Waals surface area contributed by atoms with E-state index in [9.17, 15) is 14.9 Å². The molecular weight excluding hydrogens is 296 g/mol. The van der Waals surface area contributed by atoms with Crippen LogP contribution in [0.25, 0.3) is 11.0 Å². The summed E-state index contributed by atoms with van der Waals surface area (Å²) in [5, 5.41) is 14.5. The fraction of sp³-hybridized carbons (Fsp3) is 0.118. The number of amides is 1. The molecule has 2 aromatic carbocycles. The smallest absolute Gasteiger partial charge is 0.270 e. The number of nitrogens with one attached hydrogen (secondary N) is 1. The number of nitro groups is 1. The predicted molar refractivity (Wildman–Crippen MR) is 85.2 cm³/mol. The van der Waals surface area contributed by atoms with Gasteiger partial charge in [-0.05, 0) is 25.1 Å². The van der Waals surface area contributed by atoms with Crippen molar-refractivity contribution in [3.8, 4) is 0 Å². The molecular formula is C17H14N2O4. The van der Waals surface area contributed by atoms with E-state index >= 15 is 0 Å². The molecule has 1 N–H and O–H groups in total. The van der Waals surface area contributed by atoms with Crippen molar-refractivity contribution in [2.45, 2.75) is 13.0 Å². The number of nitro benzene ring substituents is 1. The van der Waals surface area contributed by atoms with Crippen molar-refractivity contribution in [1.82, 2.24) is 5.32 Å². The topological polar surface area (TPSA) is 85.4 Å². The summed E-state index contributed by atoms with van der Waals surface area (Å²) in [5.74, 6) is 0.242. The molecule has 0 spiro atoms. The number of nitrogens with zero attached hydrogens (tertiary/aromatic N) is 1. The number of hydrogen-bond acceptors (Lipinski definition) is 4. The summed E-state index contributed by atoms with van der Waals surface area (Å²) in [6.07, 6.45) is 0. The number of carbonyl (C=O) groups is 1. The monoisotopic (exact) mass is 310 g/mol. The Hall–Kier alpha value is -3.15. The van der Waals surface area contributed by atoms with Crippen LogP contribution in [-0.2, 0) is 0 Å². The molecule has 116 valence electrons. The van der Waals surface area contributed by atoms with Gasteiger partial charge in [0.15, 0.2) is 0 Å². The van der Waals surface area contributed by atoms with Crippen LogP contribution in [0.3, 0.4) is 0 Å². The van der Waals surface area contributed by atoms with Crippen molar-refractivity contribution >= 4 is 22.6 Å². The minimum Gasteiger partial charge on any atom is -0.459 e. The van der Waals surface area contributed by atoms with Gasteiger partial charge in [0.2, 0.25) is 0 Å². The van der Waals surface area contributed by atoms with E-state index in [2.05, 4.69) is 5.32 Å². The number of non-ortho nitro benzene ring substituents is 1. The van der Waals surface area contributed by atoms with E-state index < -0.39 is 4.92 Å². The average molecular weight is 310 g/mol. The lowest BCUT2D eigenvalue weighted by molar-refractivity contribution is -0.384. The van der Waals surface area contributed by atoms with Gasteiger partial charge in [0, 0.05) is 23.1 Å². The SMILES string of the molecule is C[C@@H](NC(=O)c1cccc([N+](=O)[O-])c1)c1cc2ccccc2o1. The molecule has 0 saturated heterocycles. The Morgan fingerprint density at radius 3 is 2.70 bits per heavy atom. The first-order valence-electron chi connectivity index (χ1n) is 7.08. The Labute approximate surface area is 131 Å². The Morgan fingerprint density at radius 1 is 1.17 bits per heavy atom. The molecule has 1 aromatic heterocycles. The minimum atomic E-state index is -0.528. The van der Waals surface area contributed by atoms with Gasteiger partial charge >= 0.3 is 0 Å². The molecule has 3 rings (SSSR count). The largest absolute Gasteiger partial charge is 0.459 e. The Bertz CT molecular complexity index is 852. The summed E-state index contributed by atoms with van der Waals surface area (Å²) < 4.78 is 5.71. The zero-order valence-corrected chi connectivity index (χ0v) is 12.4. The first-order chi connectivity index (χ1) is 11.0. The van der Waals surface area contributed by atoms with Crippen molar-refractivity contribution in [3.63, 3.8) is 0 Å². The molecule has 0 radical (unpaired) electrons. The highest BCUT2D eigenvalue weighted by Crippen LogP contribution is 2.24. The third kappa shape index (κ3) is 3.06. The first-order valence-corrected chi connectivity index (χ1v) is 7.08. The molecule has 0 aliphatic carbocycles. The molecule has 1 heterocycles. The van der Waals surface area contributed by atoms with Gasteiger partial charge in [-0.15, -0.1) is 0 Å². The fourth-order valence-corrected chi connectivity index (χ4v) is 2.33. The van der Waals surface area contributed by atoms with Gasteiger partial charge in [0.1, 0.15) is 11.3 Å². The summed E-state index contributed by atoms with van der Waals surface area (Å²) in [6.45, 7) is 1.80. The van der Waals surface area contributed by atoms with Gasteiger partial charge in [-0.1, -0.05) is 24.3 Å². The van der Waals surface area contributed by atoms with Crippen LogP contribution in [0.15, 0.2) is 59.0 Å². The van der Waals surface area contributed by atoms with E-state index in [0.29, 0.717) is 5.76 Å². The molecule has 0 bridgehead atoms. The second-order valence-electron chi connectivity index (χ2n) is 5.19.